The number of likely N-dealkylation sites (tertiary alicyclic amines) is 1. The fourth-order valence-electron chi connectivity index (χ4n) is 3.58. The van der Waals surface area contributed by atoms with E-state index in [1.165, 1.54) is 0 Å². The number of nitrogens with zero attached hydrogens (tertiary/aromatic N) is 2. The molecule has 1 unspecified atom stereocenters. The van der Waals surface area contributed by atoms with Crippen LogP contribution < -0.4 is 0 Å². The molecule has 2 amide bonds. The van der Waals surface area contributed by atoms with Gasteiger partial charge in [-0.2, -0.15) is 0 Å². The molecule has 0 radical (unpaired) electrons. The zero-order valence-electron chi connectivity index (χ0n) is 12.5. The Bertz CT molecular complexity index is 367. The van der Waals surface area contributed by atoms with Crippen LogP contribution in [0.2, 0.25) is 0 Å². The summed E-state index contributed by atoms with van der Waals surface area (Å²) < 4.78 is 0. The maximum atomic E-state index is 12.8. The molecule has 6 heteroatoms. The van der Waals surface area contributed by atoms with Crippen molar-refractivity contribution in [3.63, 3.8) is 0 Å². The van der Waals surface area contributed by atoms with Gasteiger partial charge in [0.1, 0.15) is 6.54 Å². The van der Waals surface area contributed by atoms with Crippen LogP contribution in [0.15, 0.2) is 0 Å². The van der Waals surface area contributed by atoms with Gasteiger partial charge in [-0.1, -0.05) is 12.8 Å². The molecular weight excluding hydrogens is 272 g/mol. The molecule has 1 aliphatic heterocycles. The highest BCUT2D eigenvalue weighted by Gasteiger charge is 2.34. The molecule has 2 fully saturated rings. The minimum Gasteiger partial charge on any atom is -0.480 e. The third kappa shape index (κ3) is 4.09. The molecule has 0 aromatic heterocycles. The fraction of sp³-hybridized carbons (Fsp3) is 0.867. The van der Waals surface area contributed by atoms with Gasteiger partial charge in [-0.05, 0) is 38.5 Å². The Balaban J connectivity index is 2.09. The SMILES string of the molecule is O=C(O)CN(C(=O)N1CCCCC1CCO)C1CCCC1. The van der Waals surface area contributed by atoms with Crippen molar-refractivity contribution in [1.82, 2.24) is 9.80 Å². The van der Waals surface area contributed by atoms with Crippen LogP contribution in [0.25, 0.3) is 0 Å². The van der Waals surface area contributed by atoms with Crippen LogP contribution >= 0.6 is 0 Å². The van der Waals surface area contributed by atoms with E-state index in [2.05, 4.69) is 0 Å². The predicted octanol–water partition coefficient (Wildman–Crippen LogP) is 1.67. The first kappa shape index (κ1) is 16.1. The molecule has 0 spiro atoms. The Morgan fingerprint density at radius 3 is 2.38 bits per heavy atom. The van der Waals surface area contributed by atoms with Gasteiger partial charge < -0.3 is 20.0 Å². The van der Waals surface area contributed by atoms with E-state index in [1.807, 2.05) is 0 Å². The van der Waals surface area contributed by atoms with Crippen LogP contribution in [0.4, 0.5) is 4.79 Å². The third-order valence-corrected chi connectivity index (χ3v) is 4.65. The highest BCUT2D eigenvalue weighted by Crippen LogP contribution is 2.27. The maximum absolute atomic E-state index is 12.8. The van der Waals surface area contributed by atoms with Crippen molar-refractivity contribution in [2.45, 2.75) is 63.5 Å². The molecule has 1 saturated carbocycles. The van der Waals surface area contributed by atoms with Gasteiger partial charge in [0.05, 0.1) is 0 Å². The van der Waals surface area contributed by atoms with E-state index >= 15 is 0 Å². The number of hydrogen-bond donors (Lipinski definition) is 2. The second-order valence-electron chi connectivity index (χ2n) is 6.10. The molecule has 0 aromatic carbocycles. The summed E-state index contributed by atoms with van der Waals surface area (Å²) in [5.41, 5.74) is 0. The fourth-order valence-corrected chi connectivity index (χ4v) is 3.58. The monoisotopic (exact) mass is 298 g/mol. The zero-order chi connectivity index (χ0) is 15.2. The van der Waals surface area contributed by atoms with Gasteiger partial charge in [-0.15, -0.1) is 0 Å². The lowest BCUT2D eigenvalue weighted by Crippen LogP contribution is -2.54. The predicted molar refractivity (Wildman–Crippen MR) is 78.0 cm³/mol. The number of aliphatic carboxylic acids is 1. The number of carbonyl (C=O) groups is 2. The van der Waals surface area contributed by atoms with Crippen LogP contribution in [0.5, 0.6) is 0 Å². The molecule has 0 bridgehead atoms. The molecule has 1 aliphatic carbocycles. The number of urea groups is 1. The summed E-state index contributed by atoms with van der Waals surface area (Å²) in [5.74, 6) is -0.953. The molecule has 2 aliphatic rings. The smallest absolute Gasteiger partial charge is 0.323 e. The summed E-state index contributed by atoms with van der Waals surface area (Å²) in [4.78, 5) is 27.3. The quantitative estimate of drug-likeness (QED) is 0.809. The van der Waals surface area contributed by atoms with Crippen LogP contribution in [0.3, 0.4) is 0 Å². The lowest BCUT2D eigenvalue weighted by Gasteiger charge is -2.40. The third-order valence-electron chi connectivity index (χ3n) is 4.65. The summed E-state index contributed by atoms with van der Waals surface area (Å²) in [5, 5.41) is 18.3. The number of carbonyl (C=O) groups excluding carboxylic acids is 1. The normalized spacial score (nSPS) is 23.3. The zero-order valence-corrected chi connectivity index (χ0v) is 12.5. The summed E-state index contributed by atoms with van der Waals surface area (Å²) >= 11 is 0. The van der Waals surface area contributed by atoms with Gasteiger partial charge in [-0.25, -0.2) is 4.79 Å². The molecule has 1 heterocycles. The summed E-state index contributed by atoms with van der Waals surface area (Å²) in [6, 6.07) is -0.0401. The number of aliphatic hydroxyl groups is 1. The van der Waals surface area contributed by atoms with Crippen molar-refractivity contribution in [3.05, 3.63) is 0 Å². The molecule has 1 saturated heterocycles. The number of hydrogen-bond acceptors (Lipinski definition) is 3. The Labute approximate surface area is 125 Å². The summed E-state index contributed by atoms with van der Waals surface area (Å²) in [6.07, 6.45) is 7.43. The second kappa shape index (κ2) is 7.64. The van der Waals surface area contributed by atoms with Crippen molar-refractivity contribution >= 4 is 12.0 Å². The number of amides is 2. The lowest BCUT2D eigenvalue weighted by atomic mass is 10.00. The van der Waals surface area contributed by atoms with Gasteiger partial charge in [0, 0.05) is 25.2 Å². The highest BCUT2D eigenvalue weighted by molar-refractivity contribution is 5.80. The van der Waals surface area contributed by atoms with Crippen molar-refractivity contribution in [1.29, 1.82) is 0 Å². The first-order valence-electron chi connectivity index (χ1n) is 8.03. The average Bonchev–Trinajstić information content (AvgIpc) is 2.99. The van der Waals surface area contributed by atoms with Crippen LogP contribution in [0, 0.1) is 0 Å². The van der Waals surface area contributed by atoms with Gasteiger partial charge in [0.25, 0.3) is 0 Å². The molecule has 2 N–H and O–H groups in total. The minimum atomic E-state index is -0.953. The first-order valence-corrected chi connectivity index (χ1v) is 8.03. The Morgan fingerprint density at radius 1 is 1.10 bits per heavy atom. The molecule has 120 valence electrons. The Morgan fingerprint density at radius 2 is 1.76 bits per heavy atom. The van der Waals surface area contributed by atoms with Crippen molar-refractivity contribution in [2.24, 2.45) is 0 Å². The number of piperidine rings is 1. The van der Waals surface area contributed by atoms with Crippen molar-refractivity contribution < 1.29 is 19.8 Å². The number of carboxylic acid groups (broad SMARTS) is 1. The van der Waals surface area contributed by atoms with Crippen LogP contribution in [-0.2, 0) is 4.79 Å². The molecule has 2 rings (SSSR count). The molecule has 6 nitrogen and oxygen atoms in total. The first-order chi connectivity index (χ1) is 10.1. The van der Waals surface area contributed by atoms with Crippen LogP contribution in [0.1, 0.15) is 51.4 Å². The van der Waals surface area contributed by atoms with E-state index in [-0.39, 0.29) is 31.3 Å². The average molecular weight is 298 g/mol. The summed E-state index contributed by atoms with van der Waals surface area (Å²) in [7, 11) is 0. The van der Waals surface area contributed by atoms with E-state index < -0.39 is 5.97 Å². The Kier molecular flexibility index (Phi) is 5.85. The standard InChI is InChI=1S/C15H26N2O4/c18-10-8-13-7-3-4-9-16(13)15(21)17(11-14(19)20)12-5-1-2-6-12/h12-13,18H,1-11H2,(H,19,20). The van der Waals surface area contributed by atoms with Crippen molar-refractivity contribution in [3.8, 4) is 0 Å². The second-order valence-corrected chi connectivity index (χ2v) is 6.10. The van der Waals surface area contributed by atoms with E-state index in [0.717, 1.165) is 44.9 Å². The molecule has 1 atom stereocenters. The van der Waals surface area contributed by atoms with E-state index in [1.54, 1.807) is 9.80 Å². The minimum absolute atomic E-state index is 0.0500. The Hall–Kier alpha value is -1.30. The van der Waals surface area contributed by atoms with Gasteiger partial charge >= 0.3 is 12.0 Å². The highest BCUT2D eigenvalue weighted by atomic mass is 16.4. The topological polar surface area (TPSA) is 81.1 Å². The number of carboxylic acids is 1. The number of rotatable bonds is 5. The molecule has 21 heavy (non-hydrogen) atoms. The van der Waals surface area contributed by atoms with E-state index in [4.69, 9.17) is 10.2 Å². The van der Waals surface area contributed by atoms with Crippen LogP contribution in [-0.4, -0.2) is 63.8 Å². The maximum Gasteiger partial charge on any atom is 0.323 e. The van der Waals surface area contributed by atoms with Crippen molar-refractivity contribution in [2.75, 3.05) is 19.7 Å². The largest absolute Gasteiger partial charge is 0.480 e. The van der Waals surface area contributed by atoms with Gasteiger partial charge in [0.2, 0.25) is 0 Å². The lowest BCUT2D eigenvalue weighted by molar-refractivity contribution is -0.138. The van der Waals surface area contributed by atoms with Gasteiger partial charge in [0.15, 0.2) is 0 Å². The number of aliphatic hydroxyl groups excluding tert-OH is 1. The molecule has 0 aromatic rings. The van der Waals surface area contributed by atoms with E-state index in [0.29, 0.717) is 13.0 Å². The van der Waals surface area contributed by atoms with Gasteiger partial charge in [-0.3, -0.25) is 4.79 Å². The van der Waals surface area contributed by atoms with E-state index in [9.17, 15) is 9.59 Å². The summed E-state index contributed by atoms with van der Waals surface area (Å²) in [6.45, 7) is 0.523. The molecular formula is C15H26N2O4.